The van der Waals surface area contributed by atoms with E-state index in [4.69, 9.17) is 32.7 Å². The van der Waals surface area contributed by atoms with Gasteiger partial charge in [-0.25, -0.2) is 9.97 Å². The fraction of sp³-hybridized carbons (Fsp3) is 0.333. The van der Waals surface area contributed by atoms with Gasteiger partial charge in [0.1, 0.15) is 18.4 Å². The average Bonchev–Trinajstić information content (AvgIpc) is 2.50. The first-order chi connectivity index (χ1) is 10.1. The number of aromatic nitrogens is 2. The highest BCUT2D eigenvalue weighted by Crippen LogP contribution is 2.40. The molecule has 0 fully saturated rings. The summed E-state index contributed by atoms with van der Waals surface area (Å²) in [5, 5.41) is 0.948. The lowest BCUT2D eigenvalue weighted by Gasteiger charge is -2.20. The number of hydrogen-bond acceptors (Lipinski definition) is 4. The van der Waals surface area contributed by atoms with Crippen LogP contribution in [-0.4, -0.2) is 23.2 Å². The molecule has 4 nitrogen and oxygen atoms in total. The van der Waals surface area contributed by atoms with E-state index in [0.29, 0.717) is 40.7 Å². The lowest BCUT2D eigenvalue weighted by molar-refractivity contribution is 0.172. The van der Waals surface area contributed by atoms with E-state index in [1.54, 1.807) is 6.07 Å². The van der Waals surface area contributed by atoms with Crippen LogP contribution < -0.4 is 9.47 Å². The lowest BCUT2D eigenvalue weighted by atomic mass is 10.1. The molecule has 0 aliphatic carbocycles. The summed E-state index contributed by atoms with van der Waals surface area (Å²) in [5.41, 5.74) is 2.60. The van der Waals surface area contributed by atoms with E-state index < -0.39 is 0 Å². The van der Waals surface area contributed by atoms with Gasteiger partial charge in [0.2, 0.25) is 0 Å². The van der Waals surface area contributed by atoms with Crippen molar-refractivity contribution < 1.29 is 9.47 Å². The number of nitrogens with zero attached hydrogens (tertiary/aromatic N) is 2. The summed E-state index contributed by atoms with van der Waals surface area (Å²) in [6, 6.07) is 3.61. The third-order valence-corrected chi connectivity index (χ3v) is 4.03. The summed E-state index contributed by atoms with van der Waals surface area (Å²) in [6.45, 7) is 4.95. The Morgan fingerprint density at radius 1 is 1.14 bits per heavy atom. The van der Waals surface area contributed by atoms with Crippen LogP contribution in [0.1, 0.15) is 18.2 Å². The highest BCUT2D eigenvalue weighted by molar-refractivity contribution is 6.32. The van der Waals surface area contributed by atoms with Crippen molar-refractivity contribution in [2.75, 3.05) is 13.2 Å². The van der Waals surface area contributed by atoms with Gasteiger partial charge in [-0.05, 0) is 25.5 Å². The van der Waals surface area contributed by atoms with Crippen molar-refractivity contribution >= 4 is 23.2 Å². The second-order valence-electron chi connectivity index (χ2n) is 4.75. The van der Waals surface area contributed by atoms with E-state index in [9.17, 15) is 0 Å². The predicted octanol–water partition coefficient (Wildman–Crippen LogP) is 4.09. The van der Waals surface area contributed by atoms with E-state index in [-0.39, 0.29) is 0 Å². The molecule has 0 N–H and O–H groups in total. The van der Waals surface area contributed by atoms with Crippen molar-refractivity contribution in [3.8, 4) is 22.9 Å². The largest absolute Gasteiger partial charge is 0.486 e. The van der Waals surface area contributed by atoms with Gasteiger partial charge >= 0.3 is 0 Å². The van der Waals surface area contributed by atoms with E-state index in [2.05, 4.69) is 9.97 Å². The van der Waals surface area contributed by atoms with Gasteiger partial charge in [0.05, 0.1) is 5.02 Å². The molecule has 3 rings (SSSR count). The summed E-state index contributed by atoms with van der Waals surface area (Å²) in [4.78, 5) is 8.90. The molecule has 0 spiro atoms. The molecule has 1 aliphatic heterocycles. The van der Waals surface area contributed by atoms with Crippen LogP contribution in [-0.2, 0) is 6.42 Å². The minimum atomic E-state index is 0.461. The molecular formula is C15H14Cl2N2O2. The van der Waals surface area contributed by atoms with Crippen molar-refractivity contribution in [3.63, 3.8) is 0 Å². The minimum Gasteiger partial charge on any atom is -0.486 e. The third-order valence-electron chi connectivity index (χ3n) is 3.38. The Labute approximate surface area is 133 Å². The first-order valence-corrected chi connectivity index (χ1v) is 7.48. The Morgan fingerprint density at radius 3 is 2.67 bits per heavy atom. The molecular weight excluding hydrogens is 311 g/mol. The molecule has 1 aromatic carbocycles. The van der Waals surface area contributed by atoms with Crippen molar-refractivity contribution in [2.45, 2.75) is 20.3 Å². The maximum Gasteiger partial charge on any atom is 0.179 e. The normalized spacial score (nSPS) is 13.3. The van der Waals surface area contributed by atoms with Gasteiger partial charge in [0.25, 0.3) is 0 Å². The number of hydrogen-bond donors (Lipinski definition) is 0. The molecule has 0 unspecified atom stereocenters. The molecule has 0 saturated heterocycles. The molecule has 2 heterocycles. The topological polar surface area (TPSA) is 44.2 Å². The number of fused-ring (bicyclic) bond motifs is 1. The Balaban J connectivity index is 2.13. The Kier molecular flexibility index (Phi) is 3.91. The van der Waals surface area contributed by atoms with E-state index in [1.165, 1.54) is 0 Å². The number of halogens is 2. The highest BCUT2D eigenvalue weighted by Gasteiger charge is 2.19. The summed E-state index contributed by atoms with van der Waals surface area (Å²) in [7, 11) is 0. The molecule has 0 atom stereocenters. The van der Waals surface area contributed by atoms with Crippen LogP contribution in [0.3, 0.4) is 0 Å². The smallest absolute Gasteiger partial charge is 0.179 e. The molecule has 0 saturated carbocycles. The van der Waals surface area contributed by atoms with Crippen LogP contribution >= 0.6 is 23.2 Å². The first-order valence-electron chi connectivity index (χ1n) is 6.72. The highest BCUT2D eigenvalue weighted by atomic mass is 35.5. The van der Waals surface area contributed by atoms with Gasteiger partial charge < -0.3 is 9.47 Å². The number of aryl methyl sites for hydroxylation is 1. The van der Waals surface area contributed by atoms with Crippen LogP contribution in [0.4, 0.5) is 0 Å². The van der Waals surface area contributed by atoms with Crippen molar-refractivity contribution in [1.29, 1.82) is 0 Å². The predicted molar refractivity (Wildman–Crippen MR) is 82.6 cm³/mol. The van der Waals surface area contributed by atoms with Gasteiger partial charge in [-0.2, -0.15) is 0 Å². The van der Waals surface area contributed by atoms with E-state index in [1.807, 2.05) is 19.9 Å². The summed E-state index contributed by atoms with van der Waals surface area (Å²) in [6.07, 6.45) is 0.791. The standard InChI is InChI=1S/C15H14Cl2N2O2/c1-3-11-8(2)14(17)19-15(18-11)9-6-10(16)13-12(7-9)20-4-5-21-13/h6-7H,3-5H2,1-2H3. The first kappa shape index (κ1) is 14.4. The molecule has 2 aromatic rings. The SMILES string of the molecule is CCc1nc(-c2cc(Cl)c3c(c2)OCCO3)nc(Cl)c1C. The summed E-state index contributed by atoms with van der Waals surface area (Å²) >= 11 is 12.4. The Bertz CT molecular complexity index is 705. The van der Waals surface area contributed by atoms with E-state index in [0.717, 1.165) is 23.2 Å². The van der Waals surface area contributed by atoms with Crippen LogP contribution in [0.5, 0.6) is 11.5 Å². The van der Waals surface area contributed by atoms with Crippen LogP contribution in [0.15, 0.2) is 12.1 Å². The number of rotatable bonds is 2. The second kappa shape index (κ2) is 5.70. The second-order valence-corrected chi connectivity index (χ2v) is 5.51. The molecule has 0 radical (unpaired) electrons. The fourth-order valence-electron chi connectivity index (χ4n) is 2.25. The quantitative estimate of drug-likeness (QED) is 0.780. The third kappa shape index (κ3) is 2.65. The van der Waals surface area contributed by atoms with Crippen LogP contribution in [0.2, 0.25) is 10.2 Å². The zero-order valence-electron chi connectivity index (χ0n) is 11.7. The van der Waals surface area contributed by atoms with Crippen molar-refractivity contribution in [1.82, 2.24) is 9.97 Å². The van der Waals surface area contributed by atoms with Gasteiger partial charge in [-0.1, -0.05) is 30.1 Å². The molecule has 0 bridgehead atoms. The molecule has 1 aromatic heterocycles. The van der Waals surface area contributed by atoms with Gasteiger partial charge in [0.15, 0.2) is 17.3 Å². The van der Waals surface area contributed by atoms with Gasteiger partial charge in [0, 0.05) is 16.8 Å². The van der Waals surface area contributed by atoms with Gasteiger partial charge in [-0.3, -0.25) is 0 Å². The molecule has 6 heteroatoms. The Morgan fingerprint density at radius 2 is 1.90 bits per heavy atom. The fourth-order valence-corrected chi connectivity index (χ4v) is 2.70. The van der Waals surface area contributed by atoms with E-state index >= 15 is 0 Å². The van der Waals surface area contributed by atoms with Crippen LogP contribution in [0, 0.1) is 6.92 Å². The number of benzene rings is 1. The number of ether oxygens (including phenoxy) is 2. The minimum absolute atomic E-state index is 0.461. The molecule has 110 valence electrons. The monoisotopic (exact) mass is 324 g/mol. The average molecular weight is 325 g/mol. The maximum absolute atomic E-state index is 6.25. The zero-order chi connectivity index (χ0) is 15.0. The summed E-state index contributed by atoms with van der Waals surface area (Å²) in [5.74, 6) is 1.73. The van der Waals surface area contributed by atoms with Crippen LogP contribution in [0.25, 0.3) is 11.4 Å². The molecule has 21 heavy (non-hydrogen) atoms. The van der Waals surface area contributed by atoms with Crippen molar-refractivity contribution in [3.05, 3.63) is 33.6 Å². The molecule has 0 amide bonds. The summed E-state index contributed by atoms with van der Waals surface area (Å²) < 4.78 is 11.1. The Hall–Kier alpha value is -1.52. The van der Waals surface area contributed by atoms with Crippen molar-refractivity contribution in [2.24, 2.45) is 0 Å². The van der Waals surface area contributed by atoms with Gasteiger partial charge in [-0.15, -0.1) is 0 Å². The lowest BCUT2D eigenvalue weighted by Crippen LogP contribution is -2.15. The zero-order valence-corrected chi connectivity index (χ0v) is 13.3. The molecule has 1 aliphatic rings. The maximum atomic E-state index is 6.25.